The Morgan fingerprint density at radius 2 is 2.31 bits per heavy atom. The molecule has 0 radical (unpaired) electrons. The lowest BCUT2D eigenvalue weighted by molar-refractivity contribution is -0.131. The molecule has 0 aliphatic heterocycles. The molecule has 0 unspecified atom stereocenters. The number of nitriles is 1. The Bertz CT molecular complexity index is 455. The zero-order chi connectivity index (χ0) is 12.0. The van der Waals surface area contributed by atoms with Crippen molar-refractivity contribution in [3.63, 3.8) is 0 Å². The third-order valence-electron chi connectivity index (χ3n) is 2.27. The standard InChI is InChI=1S/C13H13NO2/c1-10-4-5-11(3-2-8-14)9-12(10)6-7-13(15)16/h4-7,9H,2-3H2,1H3,(H,15,16)/b7-6+. The first-order chi connectivity index (χ1) is 7.63. The maximum Gasteiger partial charge on any atom is 0.328 e. The molecule has 0 amide bonds. The van der Waals surface area contributed by atoms with Crippen LogP contribution in [0, 0.1) is 18.3 Å². The summed E-state index contributed by atoms with van der Waals surface area (Å²) in [5.41, 5.74) is 2.97. The molecule has 3 nitrogen and oxygen atoms in total. The molecule has 0 saturated heterocycles. The van der Waals surface area contributed by atoms with Crippen LogP contribution in [0.15, 0.2) is 24.3 Å². The fraction of sp³-hybridized carbons (Fsp3) is 0.231. The highest BCUT2D eigenvalue weighted by Crippen LogP contribution is 2.14. The summed E-state index contributed by atoms with van der Waals surface area (Å²) in [4.78, 5) is 10.4. The van der Waals surface area contributed by atoms with Gasteiger partial charge in [-0.25, -0.2) is 4.79 Å². The van der Waals surface area contributed by atoms with Crippen LogP contribution >= 0.6 is 0 Å². The van der Waals surface area contributed by atoms with Crippen molar-refractivity contribution in [2.45, 2.75) is 19.8 Å². The second-order valence-corrected chi connectivity index (χ2v) is 3.52. The lowest BCUT2D eigenvalue weighted by atomic mass is 10.0. The van der Waals surface area contributed by atoms with Crippen LogP contribution in [-0.4, -0.2) is 11.1 Å². The van der Waals surface area contributed by atoms with Crippen molar-refractivity contribution in [1.29, 1.82) is 5.26 Å². The fourth-order valence-electron chi connectivity index (χ4n) is 1.39. The number of aryl methyl sites for hydroxylation is 2. The van der Waals surface area contributed by atoms with Crippen LogP contribution in [0.4, 0.5) is 0 Å². The van der Waals surface area contributed by atoms with Crippen molar-refractivity contribution < 1.29 is 9.90 Å². The summed E-state index contributed by atoms with van der Waals surface area (Å²) in [5, 5.41) is 17.0. The van der Waals surface area contributed by atoms with Gasteiger partial charge < -0.3 is 5.11 Å². The number of carboxylic acids is 1. The van der Waals surface area contributed by atoms with Crippen molar-refractivity contribution in [2.24, 2.45) is 0 Å². The molecule has 0 fully saturated rings. The van der Waals surface area contributed by atoms with E-state index < -0.39 is 5.97 Å². The van der Waals surface area contributed by atoms with Gasteiger partial charge in [-0.3, -0.25) is 0 Å². The van der Waals surface area contributed by atoms with Crippen molar-refractivity contribution >= 4 is 12.0 Å². The van der Waals surface area contributed by atoms with Crippen LogP contribution in [0.5, 0.6) is 0 Å². The van der Waals surface area contributed by atoms with Gasteiger partial charge in [0.15, 0.2) is 0 Å². The molecule has 0 aliphatic rings. The number of hydrogen-bond acceptors (Lipinski definition) is 2. The SMILES string of the molecule is Cc1ccc(CCC#N)cc1/C=C/C(=O)O. The van der Waals surface area contributed by atoms with Gasteiger partial charge in [-0.15, -0.1) is 0 Å². The Labute approximate surface area is 94.6 Å². The Balaban J connectivity index is 2.91. The van der Waals surface area contributed by atoms with Crippen LogP contribution in [0.2, 0.25) is 0 Å². The Kier molecular flexibility index (Phi) is 4.28. The molecule has 3 heteroatoms. The maximum absolute atomic E-state index is 10.4. The van der Waals surface area contributed by atoms with Crippen LogP contribution in [-0.2, 0) is 11.2 Å². The van der Waals surface area contributed by atoms with E-state index in [2.05, 4.69) is 6.07 Å². The zero-order valence-corrected chi connectivity index (χ0v) is 9.10. The van der Waals surface area contributed by atoms with Gasteiger partial charge in [0.1, 0.15) is 0 Å². The van der Waals surface area contributed by atoms with Gasteiger partial charge in [-0.05, 0) is 36.1 Å². The third-order valence-corrected chi connectivity index (χ3v) is 2.27. The Morgan fingerprint density at radius 3 is 2.94 bits per heavy atom. The summed E-state index contributed by atoms with van der Waals surface area (Å²) < 4.78 is 0. The topological polar surface area (TPSA) is 61.1 Å². The molecule has 1 N–H and O–H groups in total. The van der Waals surface area contributed by atoms with Gasteiger partial charge in [0.2, 0.25) is 0 Å². The van der Waals surface area contributed by atoms with E-state index in [1.807, 2.05) is 25.1 Å². The second kappa shape index (κ2) is 5.72. The largest absolute Gasteiger partial charge is 0.478 e. The van der Waals surface area contributed by atoms with Gasteiger partial charge in [-0.2, -0.15) is 5.26 Å². The van der Waals surface area contributed by atoms with Crippen LogP contribution in [0.3, 0.4) is 0 Å². The van der Waals surface area contributed by atoms with E-state index in [9.17, 15) is 4.79 Å². The molecule has 0 spiro atoms. The minimum atomic E-state index is -0.957. The van der Waals surface area contributed by atoms with Gasteiger partial charge in [-0.1, -0.05) is 18.2 Å². The minimum Gasteiger partial charge on any atom is -0.478 e. The molecule has 1 rings (SSSR count). The first-order valence-electron chi connectivity index (χ1n) is 5.01. The number of rotatable bonds is 4. The smallest absolute Gasteiger partial charge is 0.328 e. The Hall–Kier alpha value is -2.08. The quantitative estimate of drug-likeness (QED) is 0.785. The highest BCUT2D eigenvalue weighted by Gasteiger charge is 1.98. The third kappa shape index (κ3) is 3.58. The molecule has 82 valence electrons. The van der Waals surface area contributed by atoms with E-state index in [1.165, 1.54) is 0 Å². The molecule has 0 saturated carbocycles. The molecule has 0 heterocycles. The summed E-state index contributed by atoms with van der Waals surface area (Å²) in [6.45, 7) is 1.93. The van der Waals surface area contributed by atoms with E-state index in [-0.39, 0.29) is 0 Å². The first kappa shape index (κ1) is 12.0. The summed E-state index contributed by atoms with van der Waals surface area (Å²) in [5.74, 6) is -0.957. The minimum absolute atomic E-state index is 0.477. The van der Waals surface area contributed by atoms with Gasteiger partial charge in [0, 0.05) is 12.5 Å². The van der Waals surface area contributed by atoms with Gasteiger partial charge >= 0.3 is 5.97 Å². The monoisotopic (exact) mass is 215 g/mol. The van der Waals surface area contributed by atoms with Crippen LogP contribution < -0.4 is 0 Å². The highest BCUT2D eigenvalue weighted by molar-refractivity contribution is 5.85. The molecule has 1 aromatic rings. The van der Waals surface area contributed by atoms with Gasteiger partial charge in [0.25, 0.3) is 0 Å². The van der Waals surface area contributed by atoms with Gasteiger partial charge in [0.05, 0.1) is 6.07 Å². The second-order valence-electron chi connectivity index (χ2n) is 3.52. The predicted octanol–water partition coefficient (Wildman–Crippen LogP) is 2.55. The lowest BCUT2D eigenvalue weighted by Crippen LogP contribution is -1.90. The summed E-state index contributed by atoms with van der Waals surface area (Å²) >= 11 is 0. The van der Waals surface area contributed by atoms with E-state index in [0.717, 1.165) is 22.8 Å². The highest BCUT2D eigenvalue weighted by atomic mass is 16.4. The van der Waals surface area contributed by atoms with Crippen LogP contribution in [0.25, 0.3) is 6.08 Å². The molecule has 0 bridgehead atoms. The zero-order valence-electron chi connectivity index (χ0n) is 9.10. The predicted molar refractivity (Wildman–Crippen MR) is 61.8 cm³/mol. The van der Waals surface area contributed by atoms with Crippen molar-refractivity contribution in [2.75, 3.05) is 0 Å². The van der Waals surface area contributed by atoms with E-state index in [4.69, 9.17) is 10.4 Å². The average Bonchev–Trinajstić information content (AvgIpc) is 2.26. The number of hydrogen-bond donors (Lipinski definition) is 1. The van der Waals surface area contributed by atoms with E-state index in [1.54, 1.807) is 6.08 Å². The molecular formula is C13H13NO2. The lowest BCUT2D eigenvalue weighted by Gasteiger charge is -2.03. The van der Waals surface area contributed by atoms with Crippen molar-refractivity contribution in [1.82, 2.24) is 0 Å². The summed E-state index contributed by atoms with van der Waals surface area (Å²) in [6, 6.07) is 7.91. The van der Waals surface area contributed by atoms with E-state index in [0.29, 0.717) is 12.8 Å². The first-order valence-corrected chi connectivity index (χ1v) is 5.01. The molecule has 1 aromatic carbocycles. The molecule has 0 atom stereocenters. The summed E-state index contributed by atoms with van der Waals surface area (Å²) in [7, 11) is 0. The number of nitrogens with zero attached hydrogens (tertiary/aromatic N) is 1. The number of aliphatic carboxylic acids is 1. The van der Waals surface area contributed by atoms with Crippen molar-refractivity contribution in [3.8, 4) is 6.07 Å². The molecule has 0 aliphatic carbocycles. The maximum atomic E-state index is 10.4. The average molecular weight is 215 g/mol. The normalized spacial score (nSPS) is 10.2. The number of carbonyl (C=O) groups is 1. The number of benzene rings is 1. The Morgan fingerprint density at radius 1 is 1.56 bits per heavy atom. The van der Waals surface area contributed by atoms with Crippen LogP contribution in [0.1, 0.15) is 23.1 Å². The molecule has 16 heavy (non-hydrogen) atoms. The number of carboxylic acid groups (broad SMARTS) is 1. The summed E-state index contributed by atoms with van der Waals surface area (Å²) in [6.07, 6.45) is 3.87. The fourth-order valence-corrected chi connectivity index (χ4v) is 1.39. The molecule has 0 aromatic heterocycles. The van der Waals surface area contributed by atoms with E-state index >= 15 is 0 Å². The van der Waals surface area contributed by atoms with Crippen molar-refractivity contribution in [3.05, 3.63) is 41.0 Å². The molecular weight excluding hydrogens is 202 g/mol.